The number of halogens is 2. The number of primary amides is 1. The summed E-state index contributed by atoms with van der Waals surface area (Å²) in [6.07, 6.45) is 2.77. The molecule has 3 nitrogen and oxygen atoms in total. The molecule has 0 fully saturated rings. The van der Waals surface area contributed by atoms with Crippen LogP contribution in [0.5, 0.6) is 0 Å². The van der Waals surface area contributed by atoms with Crippen molar-refractivity contribution in [3.8, 4) is 11.3 Å². The van der Waals surface area contributed by atoms with Gasteiger partial charge >= 0.3 is 0 Å². The lowest BCUT2D eigenvalue weighted by Crippen LogP contribution is -2.04. The Morgan fingerprint density at radius 3 is 2.78 bits per heavy atom. The van der Waals surface area contributed by atoms with Gasteiger partial charge in [0.05, 0.1) is 0 Å². The maximum Gasteiger partial charge on any atom is 0.241 e. The van der Waals surface area contributed by atoms with Crippen molar-refractivity contribution in [2.45, 2.75) is 0 Å². The summed E-state index contributed by atoms with van der Waals surface area (Å²) in [7, 11) is 0. The fraction of sp³-hybridized carbons (Fsp3) is 0. The molecular weight excluding hydrogens is 318 g/mol. The van der Waals surface area contributed by atoms with Crippen LogP contribution in [-0.4, -0.2) is 5.91 Å². The highest BCUT2D eigenvalue weighted by molar-refractivity contribution is 9.10. The molecule has 1 aromatic carbocycles. The van der Waals surface area contributed by atoms with Crippen LogP contribution in [0.25, 0.3) is 17.4 Å². The molecule has 0 aliphatic carbocycles. The highest BCUT2D eigenvalue weighted by atomic mass is 79.9. The molecule has 0 spiro atoms. The lowest BCUT2D eigenvalue weighted by atomic mass is 10.2. The summed E-state index contributed by atoms with van der Waals surface area (Å²) < 4.78 is 6.42. The monoisotopic (exact) mass is 325 g/mol. The van der Waals surface area contributed by atoms with Crippen LogP contribution in [0.3, 0.4) is 0 Å². The van der Waals surface area contributed by atoms with E-state index < -0.39 is 5.91 Å². The van der Waals surface area contributed by atoms with Crippen LogP contribution < -0.4 is 5.73 Å². The SMILES string of the molecule is NC(=O)/C=C\c1ccc(-c2ccc(Cl)cc2Br)o1. The fourth-order valence-corrected chi connectivity index (χ4v) is 2.32. The third kappa shape index (κ3) is 3.03. The van der Waals surface area contributed by atoms with Crippen molar-refractivity contribution in [3.05, 3.63) is 51.7 Å². The molecule has 0 saturated carbocycles. The number of hydrogen-bond acceptors (Lipinski definition) is 2. The standard InChI is InChI=1S/C13H9BrClNO2/c14-11-7-8(15)1-4-10(11)12-5-2-9(18-12)3-6-13(16)17/h1-7H,(H2,16,17)/b6-3-. The first kappa shape index (κ1) is 12.9. The van der Waals surface area contributed by atoms with Crippen molar-refractivity contribution in [1.29, 1.82) is 0 Å². The maximum atomic E-state index is 10.6. The van der Waals surface area contributed by atoms with Gasteiger partial charge in [-0.25, -0.2) is 0 Å². The predicted molar refractivity (Wildman–Crippen MR) is 75.1 cm³/mol. The quantitative estimate of drug-likeness (QED) is 0.871. The zero-order valence-corrected chi connectivity index (χ0v) is 11.5. The van der Waals surface area contributed by atoms with Crippen molar-refractivity contribution in [2.75, 3.05) is 0 Å². The van der Waals surface area contributed by atoms with E-state index in [9.17, 15) is 4.79 Å². The van der Waals surface area contributed by atoms with Gasteiger partial charge in [-0.05, 0) is 52.3 Å². The Kier molecular flexibility index (Phi) is 3.89. The maximum absolute atomic E-state index is 10.6. The van der Waals surface area contributed by atoms with Gasteiger partial charge < -0.3 is 10.2 Å². The Morgan fingerprint density at radius 1 is 1.33 bits per heavy atom. The summed E-state index contributed by atoms with van der Waals surface area (Å²) >= 11 is 9.29. The number of rotatable bonds is 3. The largest absolute Gasteiger partial charge is 0.457 e. The average Bonchev–Trinajstić information content (AvgIpc) is 2.75. The van der Waals surface area contributed by atoms with Gasteiger partial charge in [-0.3, -0.25) is 4.79 Å². The third-order valence-corrected chi connectivity index (χ3v) is 3.13. The molecule has 2 N–H and O–H groups in total. The van der Waals surface area contributed by atoms with Crippen molar-refractivity contribution in [1.82, 2.24) is 0 Å². The van der Waals surface area contributed by atoms with Gasteiger partial charge in [0.15, 0.2) is 0 Å². The third-order valence-electron chi connectivity index (χ3n) is 2.24. The van der Waals surface area contributed by atoms with E-state index in [1.165, 1.54) is 12.2 Å². The summed E-state index contributed by atoms with van der Waals surface area (Å²) in [5.41, 5.74) is 5.90. The van der Waals surface area contributed by atoms with E-state index in [4.69, 9.17) is 21.8 Å². The molecule has 1 heterocycles. The highest BCUT2D eigenvalue weighted by Gasteiger charge is 2.07. The Bertz CT molecular complexity index is 619. The second-order valence-corrected chi connectivity index (χ2v) is 4.85. The lowest BCUT2D eigenvalue weighted by Gasteiger charge is -2.01. The van der Waals surface area contributed by atoms with Crippen LogP contribution in [0.1, 0.15) is 5.76 Å². The van der Waals surface area contributed by atoms with Crippen LogP contribution in [-0.2, 0) is 4.79 Å². The average molecular weight is 327 g/mol. The molecule has 0 aliphatic heterocycles. The number of furan rings is 1. The normalized spacial score (nSPS) is 11.0. The van der Waals surface area contributed by atoms with E-state index in [1.54, 1.807) is 18.2 Å². The van der Waals surface area contributed by atoms with E-state index >= 15 is 0 Å². The van der Waals surface area contributed by atoms with Gasteiger partial charge in [-0.1, -0.05) is 11.6 Å². The molecule has 1 aromatic heterocycles. The van der Waals surface area contributed by atoms with E-state index in [-0.39, 0.29) is 0 Å². The molecule has 0 aliphatic rings. The van der Waals surface area contributed by atoms with Crippen LogP contribution in [0.15, 0.2) is 45.3 Å². The minimum absolute atomic E-state index is 0.513. The fourth-order valence-electron chi connectivity index (χ4n) is 1.44. The summed E-state index contributed by atoms with van der Waals surface area (Å²) in [4.78, 5) is 10.6. The molecule has 0 unspecified atom stereocenters. The Balaban J connectivity index is 2.32. The molecule has 2 rings (SSSR count). The zero-order valence-electron chi connectivity index (χ0n) is 9.19. The zero-order chi connectivity index (χ0) is 13.1. The number of carbonyl (C=O) groups is 1. The molecule has 1 amide bonds. The summed E-state index contributed by atoms with van der Waals surface area (Å²) in [5.74, 6) is 0.730. The molecule has 2 aromatic rings. The summed E-state index contributed by atoms with van der Waals surface area (Å²) in [6, 6.07) is 9.00. The molecule has 0 atom stereocenters. The Hall–Kier alpha value is -1.52. The summed E-state index contributed by atoms with van der Waals surface area (Å²) in [6.45, 7) is 0. The molecule has 5 heteroatoms. The minimum atomic E-state index is -0.513. The topological polar surface area (TPSA) is 56.2 Å². The molecule has 92 valence electrons. The number of amides is 1. The molecule has 0 radical (unpaired) electrons. The van der Waals surface area contributed by atoms with Gasteiger partial charge in [0.25, 0.3) is 0 Å². The van der Waals surface area contributed by atoms with E-state index in [0.29, 0.717) is 16.5 Å². The number of hydrogen-bond donors (Lipinski definition) is 1. The minimum Gasteiger partial charge on any atom is -0.457 e. The van der Waals surface area contributed by atoms with Crippen LogP contribution in [0, 0.1) is 0 Å². The van der Waals surface area contributed by atoms with E-state index in [0.717, 1.165) is 10.0 Å². The predicted octanol–water partition coefficient (Wildman–Crippen LogP) is 3.86. The Labute approximate surface area is 117 Å². The molecular formula is C13H9BrClNO2. The van der Waals surface area contributed by atoms with Crippen molar-refractivity contribution in [3.63, 3.8) is 0 Å². The van der Waals surface area contributed by atoms with Crippen LogP contribution in [0.2, 0.25) is 5.02 Å². The van der Waals surface area contributed by atoms with Gasteiger partial charge in [0.2, 0.25) is 5.91 Å². The molecule has 0 saturated heterocycles. The number of nitrogens with two attached hydrogens (primary N) is 1. The number of carbonyl (C=O) groups excluding carboxylic acids is 1. The van der Waals surface area contributed by atoms with Crippen LogP contribution >= 0.6 is 27.5 Å². The van der Waals surface area contributed by atoms with Gasteiger partial charge in [-0.2, -0.15) is 0 Å². The first-order valence-electron chi connectivity index (χ1n) is 5.09. The molecule has 18 heavy (non-hydrogen) atoms. The lowest BCUT2D eigenvalue weighted by molar-refractivity contribution is -0.113. The second kappa shape index (κ2) is 5.42. The van der Waals surface area contributed by atoms with E-state index in [1.807, 2.05) is 12.1 Å². The Morgan fingerprint density at radius 2 is 2.11 bits per heavy atom. The van der Waals surface area contributed by atoms with Crippen LogP contribution in [0.4, 0.5) is 0 Å². The van der Waals surface area contributed by atoms with Crippen molar-refractivity contribution >= 4 is 39.5 Å². The van der Waals surface area contributed by atoms with Gasteiger partial charge in [-0.15, -0.1) is 0 Å². The van der Waals surface area contributed by atoms with Crippen molar-refractivity contribution < 1.29 is 9.21 Å². The highest BCUT2D eigenvalue weighted by Crippen LogP contribution is 2.31. The summed E-state index contributed by atoms with van der Waals surface area (Å²) in [5, 5.41) is 0.644. The smallest absolute Gasteiger partial charge is 0.241 e. The first-order chi connectivity index (χ1) is 8.56. The first-order valence-corrected chi connectivity index (χ1v) is 6.26. The van der Waals surface area contributed by atoms with Gasteiger partial charge in [0.1, 0.15) is 11.5 Å². The van der Waals surface area contributed by atoms with Gasteiger partial charge in [0, 0.05) is 21.1 Å². The molecule has 0 bridgehead atoms. The van der Waals surface area contributed by atoms with E-state index in [2.05, 4.69) is 15.9 Å². The number of benzene rings is 1. The van der Waals surface area contributed by atoms with Crippen molar-refractivity contribution in [2.24, 2.45) is 5.73 Å². The second-order valence-electron chi connectivity index (χ2n) is 3.56.